The number of ether oxygens (including phenoxy) is 3. The molecule has 0 atom stereocenters. The number of carbonyl (C=O) groups is 1. The van der Waals surface area contributed by atoms with Gasteiger partial charge in [0.05, 0.1) is 44.5 Å². The monoisotopic (exact) mass is 435 g/mol. The fourth-order valence-corrected chi connectivity index (χ4v) is 3.20. The molecular formula is C25H29N3O4. The van der Waals surface area contributed by atoms with E-state index in [0.717, 1.165) is 30.5 Å². The van der Waals surface area contributed by atoms with Crippen LogP contribution in [0.25, 0.3) is 5.69 Å². The van der Waals surface area contributed by atoms with Crippen LogP contribution in [-0.4, -0.2) is 36.5 Å². The van der Waals surface area contributed by atoms with Gasteiger partial charge in [0.1, 0.15) is 0 Å². The Morgan fingerprint density at radius 2 is 1.78 bits per heavy atom. The van der Waals surface area contributed by atoms with Gasteiger partial charge in [-0.3, -0.25) is 4.79 Å². The summed E-state index contributed by atoms with van der Waals surface area (Å²) in [7, 11) is 3.14. The van der Waals surface area contributed by atoms with E-state index in [4.69, 9.17) is 14.2 Å². The molecule has 32 heavy (non-hydrogen) atoms. The van der Waals surface area contributed by atoms with Crippen molar-refractivity contribution in [1.82, 2.24) is 9.78 Å². The van der Waals surface area contributed by atoms with Crippen LogP contribution in [0.4, 0.5) is 0 Å². The number of methoxy groups -OCH3 is 2. The smallest absolute Gasteiger partial charge is 0.250 e. The molecule has 3 aromatic rings. The Kier molecular flexibility index (Phi) is 8.43. The number of benzene rings is 2. The summed E-state index contributed by atoms with van der Waals surface area (Å²) < 4.78 is 18.2. The number of rotatable bonds is 10. The third-order valence-electron chi connectivity index (χ3n) is 4.84. The first-order valence-corrected chi connectivity index (χ1v) is 10.7. The molecule has 7 heteroatoms. The van der Waals surface area contributed by atoms with Gasteiger partial charge >= 0.3 is 0 Å². The van der Waals surface area contributed by atoms with E-state index in [2.05, 4.69) is 17.0 Å². The summed E-state index contributed by atoms with van der Waals surface area (Å²) in [5.41, 5.74) is 1.66. The van der Waals surface area contributed by atoms with Crippen LogP contribution >= 0.6 is 0 Å². The number of carbonyl (C=O) groups excluding carboxylic acids is 1. The van der Waals surface area contributed by atoms with Gasteiger partial charge in [0.25, 0.3) is 5.91 Å². The van der Waals surface area contributed by atoms with Crippen LogP contribution in [0.15, 0.2) is 65.8 Å². The van der Waals surface area contributed by atoms with Gasteiger partial charge in [-0.15, -0.1) is 0 Å². The minimum absolute atomic E-state index is 0.140. The molecule has 0 fully saturated rings. The molecule has 7 nitrogen and oxygen atoms in total. The maximum Gasteiger partial charge on any atom is 0.250 e. The summed E-state index contributed by atoms with van der Waals surface area (Å²) in [6.07, 6.45) is 4.86. The van der Waals surface area contributed by atoms with Crippen molar-refractivity contribution in [3.63, 3.8) is 0 Å². The van der Waals surface area contributed by atoms with E-state index >= 15 is 0 Å². The van der Waals surface area contributed by atoms with Crippen molar-refractivity contribution < 1.29 is 19.0 Å². The second-order valence-electron chi connectivity index (χ2n) is 7.23. The lowest BCUT2D eigenvalue weighted by Crippen LogP contribution is -2.16. The Bertz CT molecular complexity index is 1090. The normalized spacial score (nSPS) is 11.3. The van der Waals surface area contributed by atoms with Gasteiger partial charge in [-0.25, -0.2) is 9.67 Å². The molecule has 0 aliphatic rings. The van der Waals surface area contributed by atoms with E-state index in [9.17, 15) is 4.79 Å². The molecule has 0 unspecified atom stereocenters. The summed E-state index contributed by atoms with van der Waals surface area (Å²) >= 11 is 0. The Labute approximate surface area is 188 Å². The Morgan fingerprint density at radius 1 is 1.00 bits per heavy atom. The highest BCUT2D eigenvalue weighted by Gasteiger charge is 2.09. The summed E-state index contributed by atoms with van der Waals surface area (Å²) in [6, 6.07) is 16.9. The van der Waals surface area contributed by atoms with Crippen LogP contribution in [0.3, 0.4) is 0 Å². The molecule has 3 rings (SSSR count). The molecule has 2 aromatic carbocycles. The van der Waals surface area contributed by atoms with Gasteiger partial charge < -0.3 is 14.2 Å². The van der Waals surface area contributed by atoms with E-state index < -0.39 is 0 Å². The number of amides is 1. The lowest BCUT2D eigenvalue weighted by Gasteiger charge is -2.13. The fraction of sp³-hybridized carbons (Fsp3) is 0.320. The highest BCUT2D eigenvalue weighted by Crippen LogP contribution is 2.27. The zero-order valence-corrected chi connectivity index (χ0v) is 18.8. The van der Waals surface area contributed by atoms with Crippen molar-refractivity contribution in [3.05, 3.63) is 71.7 Å². The average molecular weight is 436 g/mol. The first-order valence-electron chi connectivity index (χ1n) is 10.7. The minimum atomic E-state index is -0.284. The summed E-state index contributed by atoms with van der Waals surface area (Å²) in [5.74, 6) is 1.45. The van der Waals surface area contributed by atoms with Gasteiger partial charge in [-0.2, -0.15) is 5.10 Å². The largest absolute Gasteiger partial charge is 0.493 e. The SMILES string of the molecule is CCCCCOc1cc(=NC(=O)Cc2ccc(OC)c(OC)c2)cnn1-c1ccccc1. The first-order chi connectivity index (χ1) is 15.6. The van der Waals surface area contributed by atoms with Crippen LogP contribution < -0.4 is 19.6 Å². The van der Waals surface area contributed by atoms with E-state index in [1.54, 1.807) is 43.3 Å². The van der Waals surface area contributed by atoms with E-state index in [1.807, 2.05) is 36.4 Å². The topological polar surface area (TPSA) is 74.9 Å². The van der Waals surface area contributed by atoms with Crippen LogP contribution in [0, 0.1) is 0 Å². The number of para-hydroxylation sites is 1. The first kappa shape index (κ1) is 23.1. The third kappa shape index (κ3) is 6.20. The van der Waals surface area contributed by atoms with Crippen molar-refractivity contribution >= 4 is 5.91 Å². The van der Waals surface area contributed by atoms with E-state index in [-0.39, 0.29) is 12.3 Å². The second-order valence-corrected chi connectivity index (χ2v) is 7.23. The van der Waals surface area contributed by atoms with Gasteiger partial charge in [0.15, 0.2) is 11.5 Å². The predicted octanol–water partition coefficient (Wildman–Crippen LogP) is 4.13. The van der Waals surface area contributed by atoms with Gasteiger partial charge in [0, 0.05) is 6.07 Å². The molecule has 0 saturated heterocycles. The van der Waals surface area contributed by atoms with Gasteiger partial charge in [0.2, 0.25) is 5.88 Å². The zero-order chi connectivity index (χ0) is 22.8. The highest BCUT2D eigenvalue weighted by atomic mass is 16.5. The molecular weight excluding hydrogens is 406 g/mol. The van der Waals surface area contributed by atoms with Crippen molar-refractivity contribution in [1.29, 1.82) is 0 Å². The second kappa shape index (κ2) is 11.7. The zero-order valence-electron chi connectivity index (χ0n) is 18.8. The predicted molar refractivity (Wildman–Crippen MR) is 122 cm³/mol. The quantitative estimate of drug-likeness (QED) is 0.448. The number of hydrogen-bond acceptors (Lipinski definition) is 5. The third-order valence-corrected chi connectivity index (χ3v) is 4.84. The molecule has 0 bridgehead atoms. The maximum atomic E-state index is 12.6. The van der Waals surface area contributed by atoms with Crippen LogP contribution in [-0.2, 0) is 11.2 Å². The summed E-state index contributed by atoms with van der Waals surface area (Å²) in [6.45, 7) is 2.72. The van der Waals surface area contributed by atoms with E-state index in [0.29, 0.717) is 29.3 Å². The van der Waals surface area contributed by atoms with Gasteiger partial charge in [-0.05, 0) is 36.2 Å². The molecule has 168 valence electrons. The minimum Gasteiger partial charge on any atom is -0.493 e. The van der Waals surface area contributed by atoms with Crippen molar-refractivity contribution in [2.24, 2.45) is 4.99 Å². The number of aromatic nitrogens is 2. The molecule has 1 heterocycles. The molecule has 0 saturated carbocycles. The lowest BCUT2D eigenvalue weighted by molar-refractivity contribution is -0.117. The number of hydrogen-bond donors (Lipinski definition) is 0. The standard InChI is InChI=1S/C25H29N3O4/c1-4-5-9-14-32-25-17-20(18-26-28(25)21-10-7-6-8-11-21)27-24(29)16-19-12-13-22(30-2)23(15-19)31-3/h6-8,10-13,15,17-18H,4-5,9,14,16H2,1-3H3. The van der Waals surface area contributed by atoms with Crippen LogP contribution in [0.1, 0.15) is 31.7 Å². The Morgan fingerprint density at radius 3 is 2.50 bits per heavy atom. The summed E-state index contributed by atoms with van der Waals surface area (Å²) in [5, 5.41) is 4.92. The Balaban J connectivity index is 1.83. The molecule has 0 N–H and O–H groups in total. The highest BCUT2D eigenvalue weighted by molar-refractivity contribution is 5.79. The van der Waals surface area contributed by atoms with Crippen molar-refractivity contribution in [2.45, 2.75) is 32.6 Å². The van der Waals surface area contributed by atoms with Gasteiger partial charge in [-0.1, -0.05) is 44.0 Å². The molecule has 0 aliphatic carbocycles. The average Bonchev–Trinajstić information content (AvgIpc) is 2.82. The van der Waals surface area contributed by atoms with Crippen molar-refractivity contribution in [2.75, 3.05) is 20.8 Å². The molecule has 1 aromatic heterocycles. The van der Waals surface area contributed by atoms with E-state index in [1.165, 1.54) is 0 Å². The fourth-order valence-electron chi connectivity index (χ4n) is 3.20. The van der Waals surface area contributed by atoms with Crippen LogP contribution in [0.5, 0.6) is 17.4 Å². The van der Waals surface area contributed by atoms with Crippen molar-refractivity contribution in [3.8, 4) is 23.1 Å². The molecule has 0 radical (unpaired) electrons. The Hall–Kier alpha value is -3.61. The summed E-state index contributed by atoms with van der Waals surface area (Å²) in [4.78, 5) is 16.8. The number of unbranched alkanes of at least 4 members (excludes halogenated alkanes) is 2. The molecule has 0 aliphatic heterocycles. The number of nitrogens with zero attached hydrogens (tertiary/aromatic N) is 3. The van der Waals surface area contributed by atoms with Crippen LogP contribution in [0.2, 0.25) is 0 Å². The molecule has 0 spiro atoms. The lowest BCUT2D eigenvalue weighted by atomic mass is 10.1. The maximum absolute atomic E-state index is 12.6. The molecule has 1 amide bonds.